The summed E-state index contributed by atoms with van der Waals surface area (Å²) in [4.78, 5) is 26.3. The Morgan fingerprint density at radius 2 is 2.04 bits per heavy atom. The van der Waals surface area contributed by atoms with Crippen LogP contribution in [0.3, 0.4) is 0 Å². The van der Waals surface area contributed by atoms with Gasteiger partial charge in [-0.25, -0.2) is 4.79 Å². The Kier molecular flexibility index (Phi) is 5.14. The normalized spacial score (nSPS) is 25.5. The molecule has 0 bridgehead atoms. The van der Waals surface area contributed by atoms with Crippen LogP contribution in [0.15, 0.2) is 17.1 Å². The second-order valence-electron chi connectivity index (χ2n) is 6.43. The molecule has 0 spiro atoms. The first-order valence-electron chi connectivity index (χ1n) is 8.19. The number of carbonyl (C=O) groups is 1. The van der Waals surface area contributed by atoms with Gasteiger partial charge >= 0.3 is 6.03 Å². The Morgan fingerprint density at radius 3 is 2.57 bits per heavy atom. The van der Waals surface area contributed by atoms with Gasteiger partial charge in [-0.05, 0) is 25.8 Å². The highest BCUT2D eigenvalue weighted by Crippen LogP contribution is 2.52. The fourth-order valence-electron chi connectivity index (χ4n) is 4.08. The topological polar surface area (TPSA) is 83.2 Å². The van der Waals surface area contributed by atoms with Gasteiger partial charge in [-0.1, -0.05) is 20.8 Å². The van der Waals surface area contributed by atoms with Crippen LogP contribution in [0.2, 0.25) is 0 Å². The molecular formula is C17H27N3O3. The lowest BCUT2D eigenvalue weighted by molar-refractivity contribution is -0.163. The minimum absolute atomic E-state index is 0.0214. The molecule has 1 saturated carbocycles. The number of urea groups is 1. The average molecular weight is 321 g/mol. The van der Waals surface area contributed by atoms with Crippen molar-refractivity contribution in [3.8, 4) is 0 Å². The number of carbonyl (C=O) groups excluding carboxylic acids is 1. The van der Waals surface area contributed by atoms with Gasteiger partial charge < -0.3 is 20.4 Å². The van der Waals surface area contributed by atoms with Crippen molar-refractivity contribution in [3.63, 3.8) is 0 Å². The van der Waals surface area contributed by atoms with E-state index in [1.165, 1.54) is 6.20 Å². The molecule has 0 saturated heterocycles. The fraction of sp³-hybridized carbons (Fsp3) is 0.647. The maximum Gasteiger partial charge on any atom is 0.319 e. The van der Waals surface area contributed by atoms with Crippen LogP contribution in [0.25, 0.3) is 0 Å². The molecule has 1 aliphatic carbocycles. The van der Waals surface area contributed by atoms with E-state index in [2.05, 4.69) is 36.4 Å². The van der Waals surface area contributed by atoms with Gasteiger partial charge in [0, 0.05) is 36.2 Å². The summed E-state index contributed by atoms with van der Waals surface area (Å²) in [6, 6.07) is 1.48. The van der Waals surface area contributed by atoms with Gasteiger partial charge in [-0.3, -0.25) is 4.79 Å². The summed E-state index contributed by atoms with van der Waals surface area (Å²) in [6.45, 7) is 8.09. The maximum atomic E-state index is 12.3. The van der Waals surface area contributed by atoms with E-state index >= 15 is 0 Å². The molecule has 0 radical (unpaired) electrons. The molecule has 3 atom stereocenters. The number of ether oxygens (including phenoxy) is 1. The SMILES string of the molecule is CCC1(CC)C(NC(=O)Nc2c[nH]c(=O)c(C)c2)C(C)C1OC. The van der Waals surface area contributed by atoms with Crippen molar-refractivity contribution >= 4 is 11.7 Å². The Morgan fingerprint density at radius 1 is 1.39 bits per heavy atom. The number of nitrogens with one attached hydrogen (secondary N) is 3. The van der Waals surface area contributed by atoms with E-state index in [4.69, 9.17) is 4.74 Å². The Hall–Kier alpha value is -1.82. The number of rotatable bonds is 5. The summed E-state index contributed by atoms with van der Waals surface area (Å²) >= 11 is 0. The molecule has 1 fully saturated rings. The van der Waals surface area contributed by atoms with Gasteiger partial charge in [-0.2, -0.15) is 0 Å². The van der Waals surface area contributed by atoms with E-state index in [9.17, 15) is 9.59 Å². The average Bonchev–Trinajstić information content (AvgIpc) is 2.53. The van der Waals surface area contributed by atoms with Crippen LogP contribution in [0.1, 0.15) is 39.2 Å². The number of amides is 2. The van der Waals surface area contributed by atoms with Crippen LogP contribution in [-0.2, 0) is 4.74 Å². The molecule has 1 aromatic rings. The second-order valence-corrected chi connectivity index (χ2v) is 6.43. The van der Waals surface area contributed by atoms with Crippen LogP contribution in [0.4, 0.5) is 10.5 Å². The van der Waals surface area contributed by atoms with Gasteiger partial charge in [0.15, 0.2) is 0 Å². The number of aryl methyl sites for hydroxylation is 1. The number of aromatic nitrogens is 1. The number of H-pyrrole nitrogens is 1. The van der Waals surface area contributed by atoms with Crippen LogP contribution in [0.5, 0.6) is 0 Å². The largest absolute Gasteiger partial charge is 0.380 e. The molecule has 2 rings (SSSR count). The van der Waals surface area contributed by atoms with Gasteiger partial charge in [0.05, 0.1) is 11.8 Å². The molecule has 1 aliphatic rings. The first-order valence-corrected chi connectivity index (χ1v) is 8.19. The number of aromatic amines is 1. The lowest BCUT2D eigenvalue weighted by Gasteiger charge is -2.59. The van der Waals surface area contributed by atoms with Crippen LogP contribution in [0, 0.1) is 18.3 Å². The predicted octanol–water partition coefficient (Wildman–Crippen LogP) is 2.64. The Labute approximate surface area is 137 Å². The first-order chi connectivity index (χ1) is 10.9. The molecule has 0 aromatic carbocycles. The number of anilines is 1. The van der Waals surface area contributed by atoms with Crippen molar-refractivity contribution in [1.82, 2.24) is 10.3 Å². The molecule has 3 unspecified atom stereocenters. The zero-order valence-electron chi connectivity index (χ0n) is 14.5. The molecule has 23 heavy (non-hydrogen) atoms. The smallest absolute Gasteiger partial charge is 0.319 e. The molecular weight excluding hydrogens is 294 g/mol. The monoisotopic (exact) mass is 321 g/mol. The van der Waals surface area contributed by atoms with Crippen molar-refractivity contribution in [2.24, 2.45) is 11.3 Å². The van der Waals surface area contributed by atoms with Crippen molar-refractivity contribution < 1.29 is 9.53 Å². The van der Waals surface area contributed by atoms with Crippen LogP contribution < -0.4 is 16.2 Å². The summed E-state index contributed by atoms with van der Waals surface area (Å²) in [6.07, 6.45) is 3.58. The highest BCUT2D eigenvalue weighted by molar-refractivity contribution is 5.89. The number of methoxy groups -OCH3 is 1. The fourth-order valence-corrected chi connectivity index (χ4v) is 4.08. The van der Waals surface area contributed by atoms with Crippen LogP contribution in [-0.4, -0.2) is 30.3 Å². The van der Waals surface area contributed by atoms with E-state index in [0.29, 0.717) is 11.3 Å². The zero-order valence-corrected chi connectivity index (χ0v) is 14.5. The van der Waals surface area contributed by atoms with E-state index in [-0.39, 0.29) is 35.1 Å². The third kappa shape index (κ3) is 3.00. The van der Waals surface area contributed by atoms with Gasteiger partial charge in [0.2, 0.25) is 0 Å². The van der Waals surface area contributed by atoms with Crippen molar-refractivity contribution in [2.45, 2.75) is 52.7 Å². The third-order valence-corrected chi connectivity index (χ3v) is 5.39. The number of hydrogen-bond donors (Lipinski definition) is 3. The number of pyridine rings is 1. The van der Waals surface area contributed by atoms with Crippen molar-refractivity contribution in [1.29, 1.82) is 0 Å². The number of hydrogen-bond acceptors (Lipinski definition) is 3. The summed E-state index contributed by atoms with van der Waals surface area (Å²) in [5.41, 5.74) is 0.971. The Balaban J connectivity index is 2.07. The lowest BCUT2D eigenvalue weighted by atomic mass is 9.53. The summed E-state index contributed by atoms with van der Waals surface area (Å²) in [5.74, 6) is 0.267. The first kappa shape index (κ1) is 17.5. The highest BCUT2D eigenvalue weighted by atomic mass is 16.5. The highest BCUT2D eigenvalue weighted by Gasteiger charge is 2.58. The van der Waals surface area contributed by atoms with Gasteiger partial charge in [0.25, 0.3) is 5.56 Å². The molecule has 128 valence electrons. The lowest BCUT2D eigenvalue weighted by Crippen LogP contribution is -2.70. The van der Waals surface area contributed by atoms with Crippen molar-refractivity contribution in [2.75, 3.05) is 12.4 Å². The third-order valence-electron chi connectivity index (χ3n) is 5.39. The summed E-state index contributed by atoms with van der Waals surface area (Å²) < 4.78 is 5.64. The van der Waals surface area contributed by atoms with E-state index in [1.54, 1.807) is 20.1 Å². The minimum Gasteiger partial charge on any atom is -0.380 e. The van der Waals surface area contributed by atoms with Gasteiger partial charge in [-0.15, -0.1) is 0 Å². The molecule has 1 heterocycles. The summed E-state index contributed by atoms with van der Waals surface area (Å²) in [7, 11) is 1.74. The predicted molar refractivity (Wildman–Crippen MR) is 90.7 cm³/mol. The summed E-state index contributed by atoms with van der Waals surface area (Å²) in [5, 5.41) is 5.87. The zero-order chi connectivity index (χ0) is 17.2. The molecule has 3 N–H and O–H groups in total. The van der Waals surface area contributed by atoms with E-state index in [0.717, 1.165) is 12.8 Å². The molecule has 6 nitrogen and oxygen atoms in total. The second kappa shape index (κ2) is 6.74. The van der Waals surface area contributed by atoms with E-state index in [1.807, 2.05) is 0 Å². The molecule has 6 heteroatoms. The standard InChI is InChI=1S/C17H27N3O3/c1-6-17(7-2)13(11(4)14(17)23-5)20-16(22)19-12-8-10(3)15(21)18-9-12/h8-9,11,13-14H,6-7H2,1-5H3,(H,18,21)(H2,19,20,22). The molecule has 2 amide bonds. The van der Waals surface area contributed by atoms with Crippen LogP contribution >= 0.6 is 0 Å². The van der Waals surface area contributed by atoms with Crippen molar-refractivity contribution in [3.05, 3.63) is 28.2 Å². The minimum atomic E-state index is -0.255. The maximum absolute atomic E-state index is 12.3. The Bertz CT molecular complexity index is 622. The van der Waals surface area contributed by atoms with Gasteiger partial charge in [0.1, 0.15) is 0 Å². The van der Waals surface area contributed by atoms with E-state index < -0.39 is 0 Å². The quantitative estimate of drug-likeness (QED) is 0.779. The molecule has 1 aromatic heterocycles. The molecule has 0 aliphatic heterocycles.